The lowest BCUT2D eigenvalue weighted by molar-refractivity contribution is 0.414. The van der Waals surface area contributed by atoms with E-state index in [0.29, 0.717) is 0 Å². The van der Waals surface area contributed by atoms with Crippen LogP contribution in [0, 0.1) is 0 Å². The molecule has 1 atom stereocenters. The van der Waals surface area contributed by atoms with Gasteiger partial charge in [-0.25, -0.2) is 0 Å². The Morgan fingerprint density at radius 3 is 2.36 bits per heavy atom. The molecule has 1 heterocycles. The van der Waals surface area contributed by atoms with E-state index in [4.69, 9.17) is 4.74 Å². The second kappa shape index (κ2) is 9.89. The summed E-state index contributed by atoms with van der Waals surface area (Å²) >= 11 is 0. The normalized spacial score (nSPS) is 19.1. The molecule has 0 saturated heterocycles. The van der Waals surface area contributed by atoms with Crippen LogP contribution in [-0.2, 0) is 0 Å². The van der Waals surface area contributed by atoms with Crippen LogP contribution in [0.4, 0.5) is 5.69 Å². The summed E-state index contributed by atoms with van der Waals surface area (Å²) in [6.07, 6.45) is 15.4. The van der Waals surface area contributed by atoms with Gasteiger partial charge in [0.2, 0.25) is 0 Å². The number of fused-ring (bicyclic) bond motifs is 1. The van der Waals surface area contributed by atoms with E-state index in [2.05, 4.69) is 50.4 Å². The van der Waals surface area contributed by atoms with E-state index in [-0.39, 0.29) is 5.54 Å². The molecular weight excluding hydrogens is 306 g/mol. The van der Waals surface area contributed by atoms with Crippen LogP contribution >= 0.6 is 0 Å². The van der Waals surface area contributed by atoms with Crippen LogP contribution in [0.5, 0.6) is 5.75 Å². The minimum atomic E-state index is 0.0627. The van der Waals surface area contributed by atoms with Crippen molar-refractivity contribution in [2.45, 2.75) is 90.5 Å². The number of allylic oxidation sites excluding steroid dienone is 1. The fourth-order valence-corrected chi connectivity index (χ4v) is 3.84. The summed E-state index contributed by atoms with van der Waals surface area (Å²) in [5.74, 6) is 0.937. The number of methoxy groups -OCH3 is 1. The van der Waals surface area contributed by atoms with Crippen molar-refractivity contribution in [3.05, 3.63) is 29.8 Å². The molecule has 0 radical (unpaired) electrons. The Hall–Kier alpha value is -1.44. The summed E-state index contributed by atoms with van der Waals surface area (Å²) in [5, 5.41) is 3.80. The van der Waals surface area contributed by atoms with Gasteiger partial charge >= 0.3 is 0 Å². The van der Waals surface area contributed by atoms with Crippen LogP contribution in [0.3, 0.4) is 0 Å². The molecule has 0 bridgehead atoms. The van der Waals surface area contributed by atoms with Crippen molar-refractivity contribution in [3.8, 4) is 5.75 Å². The highest BCUT2D eigenvalue weighted by molar-refractivity contribution is 5.82. The largest absolute Gasteiger partial charge is 0.497 e. The highest BCUT2D eigenvalue weighted by Gasteiger charge is 2.28. The third-order valence-electron chi connectivity index (χ3n) is 5.34. The van der Waals surface area contributed by atoms with Gasteiger partial charge in [-0.2, -0.15) is 0 Å². The molecule has 2 nitrogen and oxygen atoms in total. The van der Waals surface area contributed by atoms with E-state index in [1.54, 1.807) is 7.11 Å². The molecule has 0 saturated carbocycles. The number of anilines is 1. The molecule has 2 heteroatoms. The molecule has 0 aromatic heterocycles. The first-order valence-electron chi connectivity index (χ1n) is 10.3. The van der Waals surface area contributed by atoms with Crippen LogP contribution in [0.1, 0.15) is 90.5 Å². The van der Waals surface area contributed by atoms with E-state index in [1.165, 1.54) is 81.0 Å². The van der Waals surface area contributed by atoms with Crippen LogP contribution in [-0.4, -0.2) is 12.6 Å². The van der Waals surface area contributed by atoms with E-state index < -0.39 is 0 Å². The molecular formula is C23H37NO. The van der Waals surface area contributed by atoms with Gasteiger partial charge in [-0.3, -0.25) is 0 Å². The summed E-state index contributed by atoms with van der Waals surface area (Å²) in [6.45, 7) is 6.91. The zero-order valence-electron chi connectivity index (χ0n) is 16.8. The highest BCUT2D eigenvalue weighted by Crippen LogP contribution is 2.40. The van der Waals surface area contributed by atoms with Crippen LogP contribution in [0.15, 0.2) is 24.3 Å². The van der Waals surface area contributed by atoms with Crippen molar-refractivity contribution in [1.82, 2.24) is 0 Å². The molecule has 2 rings (SSSR count). The van der Waals surface area contributed by atoms with Crippen molar-refractivity contribution in [1.29, 1.82) is 0 Å². The van der Waals surface area contributed by atoms with Crippen molar-refractivity contribution < 1.29 is 4.74 Å². The molecule has 1 aromatic rings. The monoisotopic (exact) mass is 343 g/mol. The lowest BCUT2D eigenvalue weighted by atomic mass is 9.83. The number of ether oxygens (including phenoxy) is 1. The first-order chi connectivity index (χ1) is 12.1. The molecule has 1 aliphatic rings. The van der Waals surface area contributed by atoms with Crippen molar-refractivity contribution in [2.24, 2.45) is 0 Å². The fraction of sp³-hybridized carbons (Fsp3) is 0.652. The number of rotatable bonds is 11. The second-order valence-corrected chi connectivity index (χ2v) is 7.74. The first kappa shape index (κ1) is 19.9. The Bertz CT molecular complexity index is 563. The summed E-state index contributed by atoms with van der Waals surface area (Å²) < 4.78 is 5.45. The van der Waals surface area contributed by atoms with Gasteiger partial charge in [0, 0.05) is 17.3 Å². The Morgan fingerprint density at radius 2 is 1.68 bits per heavy atom. The Morgan fingerprint density at radius 1 is 0.960 bits per heavy atom. The second-order valence-electron chi connectivity index (χ2n) is 7.74. The summed E-state index contributed by atoms with van der Waals surface area (Å²) in [6, 6.07) is 6.48. The van der Waals surface area contributed by atoms with Crippen LogP contribution < -0.4 is 10.1 Å². The Balaban J connectivity index is 2.15. The van der Waals surface area contributed by atoms with E-state index in [1.807, 2.05) is 0 Å². The predicted octanol–water partition coefficient (Wildman–Crippen LogP) is 7.20. The SMILES string of the molecule is CCCCCCC1=CC(C)(CCCCCC)Nc2cc(OC)ccc21. The standard InChI is InChI=1S/C23H37NO/c1-5-7-9-11-13-19-18-23(3,16-12-10-8-6-2)24-22-17-20(25-4)14-15-21(19)22/h14-15,17-18,24H,5-13,16H2,1-4H3. The zero-order valence-corrected chi connectivity index (χ0v) is 16.8. The van der Waals surface area contributed by atoms with Gasteiger partial charge in [-0.1, -0.05) is 64.9 Å². The smallest absolute Gasteiger partial charge is 0.120 e. The number of hydrogen-bond donors (Lipinski definition) is 1. The molecule has 1 aliphatic heterocycles. The molecule has 1 aromatic carbocycles. The topological polar surface area (TPSA) is 21.3 Å². The van der Waals surface area contributed by atoms with E-state index in [9.17, 15) is 0 Å². The quantitative estimate of drug-likeness (QED) is 0.429. The van der Waals surface area contributed by atoms with Gasteiger partial charge in [0.1, 0.15) is 5.75 Å². The average Bonchev–Trinajstić information content (AvgIpc) is 2.61. The molecule has 0 spiro atoms. The van der Waals surface area contributed by atoms with Crippen LogP contribution in [0.2, 0.25) is 0 Å². The maximum atomic E-state index is 5.45. The van der Waals surface area contributed by atoms with Gasteiger partial charge in [-0.15, -0.1) is 0 Å². The molecule has 0 aliphatic carbocycles. The van der Waals surface area contributed by atoms with E-state index >= 15 is 0 Å². The molecule has 0 amide bonds. The van der Waals surface area contributed by atoms with Gasteiger partial charge in [0.05, 0.1) is 12.6 Å². The lowest BCUT2D eigenvalue weighted by Crippen LogP contribution is -2.35. The maximum Gasteiger partial charge on any atom is 0.120 e. The fourth-order valence-electron chi connectivity index (χ4n) is 3.84. The molecule has 25 heavy (non-hydrogen) atoms. The Kier molecular flexibility index (Phi) is 7.87. The van der Waals surface area contributed by atoms with Gasteiger partial charge < -0.3 is 10.1 Å². The number of unbranched alkanes of at least 4 members (excludes halogenated alkanes) is 6. The predicted molar refractivity (Wildman–Crippen MR) is 111 cm³/mol. The number of hydrogen-bond acceptors (Lipinski definition) is 2. The van der Waals surface area contributed by atoms with Crippen molar-refractivity contribution >= 4 is 11.3 Å². The number of nitrogens with one attached hydrogen (secondary N) is 1. The van der Waals surface area contributed by atoms with Crippen molar-refractivity contribution in [2.75, 3.05) is 12.4 Å². The highest BCUT2D eigenvalue weighted by atomic mass is 16.5. The molecule has 1 unspecified atom stereocenters. The molecule has 140 valence electrons. The van der Waals surface area contributed by atoms with Crippen molar-refractivity contribution in [3.63, 3.8) is 0 Å². The summed E-state index contributed by atoms with van der Waals surface area (Å²) in [5.41, 5.74) is 4.19. The minimum absolute atomic E-state index is 0.0627. The van der Waals surface area contributed by atoms with Gasteiger partial charge in [-0.05, 0) is 43.9 Å². The number of benzene rings is 1. The summed E-state index contributed by atoms with van der Waals surface area (Å²) in [4.78, 5) is 0. The third-order valence-corrected chi connectivity index (χ3v) is 5.34. The lowest BCUT2D eigenvalue weighted by Gasteiger charge is -2.36. The van der Waals surface area contributed by atoms with E-state index in [0.717, 1.165) is 5.75 Å². The minimum Gasteiger partial charge on any atom is -0.497 e. The average molecular weight is 344 g/mol. The third kappa shape index (κ3) is 5.80. The van der Waals surface area contributed by atoms with Crippen LogP contribution in [0.25, 0.3) is 5.57 Å². The van der Waals surface area contributed by atoms with Gasteiger partial charge in [0.25, 0.3) is 0 Å². The first-order valence-corrected chi connectivity index (χ1v) is 10.3. The maximum absolute atomic E-state index is 5.45. The zero-order chi connectivity index (χ0) is 18.1. The Labute approximate surface area is 155 Å². The van der Waals surface area contributed by atoms with Gasteiger partial charge in [0.15, 0.2) is 0 Å². The molecule has 0 fully saturated rings. The molecule has 1 N–H and O–H groups in total. The summed E-state index contributed by atoms with van der Waals surface area (Å²) in [7, 11) is 1.75.